The van der Waals surface area contributed by atoms with Gasteiger partial charge in [0.25, 0.3) is 5.91 Å². The van der Waals surface area contributed by atoms with Crippen LogP contribution in [0.5, 0.6) is 0 Å². The highest BCUT2D eigenvalue weighted by atomic mass is 19.1. The lowest BCUT2D eigenvalue weighted by Gasteiger charge is -2.11. The number of halogens is 1. The standard InChI is InChI=1S/C21H17FN4O2/c22-15-6-1-12(2-7-15)19(24)17-11-14(5-10-18(17)23)21(28)26-16-8-3-13(4-9-16)20(25)27/h1-11,24H,23H2,(H2,25,27)(H,26,28). The van der Waals surface area contributed by atoms with Crippen LogP contribution in [-0.4, -0.2) is 17.5 Å². The number of primary amides is 1. The molecule has 0 atom stereocenters. The number of anilines is 2. The van der Waals surface area contributed by atoms with Crippen LogP contribution in [-0.2, 0) is 0 Å². The molecule has 0 aliphatic rings. The predicted octanol–water partition coefficient (Wildman–Crippen LogP) is 3.18. The third kappa shape index (κ3) is 4.04. The van der Waals surface area contributed by atoms with Crippen molar-refractivity contribution in [1.29, 1.82) is 5.41 Å². The van der Waals surface area contributed by atoms with Gasteiger partial charge in [0.15, 0.2) is 0 Å². The second-order valence-corrected chi connectivity index (χ2v) is 6.08. The van der Waals surface area contributed by atoms with Crippen molar-refractivity contribution < 1.29 is 14.0 Å². The van der Waals surface area contributed by atoms with E-state index in [0.717, 1.165) is 0 Å². The smallest absolute Gasteiger partial charge is 0.255 e. The molecular formula is C21H17FN4O2. The number of hydrogen-bond acceptors (Lipinski definition) is 4. The molecule has 6 N–H and O–H groups in total. The fraction of sp³-hybridized carbons (Fsp3) is 0. The summed E-state index contributed by atoms with van der Waals surface area (Å²) in [4.78, 5) is 23.6. The molecule has 0 aliphatic carbocycles. The van der Waals surface area contributed by atoms with Gasteiger partial charge in [-0.15, -0.1) is 0 Å². The average molecular weight is 376 g/mol. The molecule has 6 nitrogen and oxygen atoms in total. The summed E-state index contributed by atoms with van der Waals surface area (Å²) < 4.78 is 13.1. The van der Waals surface area contributed by atoms with E-state index in [2.05, 4.69) is 5.32 Å². The van der Waals surface area contributed by atoms with E-state index in [9.17, 15) is 14.0 Å². The van der Waals surface area contributed by atoms with E-state index < -0.39 is 17.6 Å². The molecule has 0 saturated heterocycles. The lowest BCUT2D eigenvalue weighted by Crippen LogP contribution is -2.15. The van der Waals surface area contributed by atoms with Gasteiger partial charge in [0.1, 0.15) is 5.82 Å². The number of nitrogens with one attached hydrogen (secondary N) is 2. The number of carbonyl (C=O) groups is 2. The minimum absolute atomic E-state index is 0.0814. The Labute approximate surface area is 160 Å². The third-order valence-corrected chi connectivity index (χ3v) is 4.15. The average Bonchev–Trinajstić information content (AvgIpc) is 2.68. The molecule has 0 radical (unpaired) electrons. The zero-order valence-corrected chi connectivity index (χ0v) is 14.7. The largest absolute Gasteiger partial charge is 0.398 e. The zero-order chi connectivity index (χ0) is 20.3. The molecule has 0 spiro atoms. The van der Waals surface area contributed by atoms with Gasteiger partial charge in [-0.3, -0.25) is 15.0 Å². The number of carbonyl (C=O) groups excluding carboxylic acids is 2. The van der Waals surface area contributed by atoms with Crippen LogP contribution in [0.25, 0.3) is 0 Å². The predicted molar refractivity (Wildman–Crippen MR) is 106 cm³/mol. The molecule has 0 aliphatic heterocycles. The van der Waals surface area contributed by atoms with E-state index in [4.69, 9.17) is 16.9 Å². The van der Waals surface area contributed by atoms with Crippen molar-refractivity contribution in [3.8, 4) is 0 Å². The van der Waals surface area contributed by atoms with Crippen molar-refractivity contribution in [2.45, 2.75) is 0 Å². The van der Waals surface area contributed by atoms with E-state index >= 15 is 0 Å². The van der Waals surface area contributed by atoms with Crippen LogP contribution in [0, 0.1) is 11.2 Å². The summed E-state index contributed by atoms with van der Waals surface area (Å²) in [5.41, 5.74) is 13.5. The number of hydrogen-bond donors (Lipinski definition) is 4. The Morgan fingerprint density at radius 2 is 1.43 bits per heavy atom. The molecule has 0 fully saturated rings. The van der Waals surface area contributed by atoms with E-state index in [1.165, 1.54) is 42.5 Å². The fourth-order valence-corrected chi connectivity index (χ4v) is 2.61. The van der Waals surface area contributed by atoms with Crippen molar-refractivity contribution in [1.82, 2.24) is 0 Å². The monoisotopic (exact) mass is 376 g/mol. The molecule has 0 bridgehead atoms. The highest BCUT2D eigenvalue weighted by Gasteiger charge is 2.14. The Kier molecular flexibility index (Phi) is 5.17. The lowest BCUT2D eigenvalue weighted by atomic mass is 9.98. The topological polar surface area (TPSA) is 122 Å². The molecular weight excluding hydrogens is 359 g/mol. The van der Waals surface area contributed by atoms with Gasteiger partial charge in [-0.2, -0.15) is 0 Å². The zero-order valence-electron chi connectivity index (χ0n) is 14.7. The van der Waals surface area contributed by atoms with Crippen molar-refractivity contribution in [2.24, 2.45) is 5.73 Å². The van der Waals surface area contributed by atoms with Gasteiger partial charge in [-0.25, -0.2) is 4.39 Å². The Morgan fingerprint density at radius 3 is 2.04 bits per heavy atom. The first-order valence-electron chi connectivity index (χ1n) is 8.31. The molecule has 3 aromatic rings. The summed E-state index contributed by atoms with van der Waals surface area (Å²) in [7, 11) is 0. The summed E-state index contributed by atoms with van der Waals surface area (Å²) in [6, 6.07) is 16.2. The third-order valence-electron chi connectivity index (χ3n) is 4.15. The minimum Gasteiger partial charge on any atom is -0.398 e. The Morgan fingerprint density at radius 1 is 0.857 bits per heavy atom. The molecule has 3 aromatic carbocycles. The molecule has 3 rings (SSSR count). The van der Waals surface area contributed by atoms with Crippen LogP contribution in [0.3, 0.4) is 0 Å². The van der Waals surface area contributed by atoms with E-state index in [-0.39, 0.29) is 5.71 Å². The Balaban J connectivity index is 1.83. The molecule has 2 amide bonds. The summed E-state index contributed by atoms with van der Waals surface area (Å²) in [5, 5.41) is 11.0. The number of benzene rings is 3. The van der Waals surface area contributed by atoms with Gasteiger partial charge in [-0.1, -0.05) is 0 Å². The van der Waals surface area contributed by atoms with Crippen molar-refractivity contribution in [3.63, 3.8) is 0 Å². The van der Waals surface area contributed by atoms with Crippen LogP contribution in [0.1, 0.15) is 31.8 Å². The van der Waals surface area contributed by atoms with Gasteiger partial charge in [0, 0.05) is 33.6 Å². The van der Waals surface area contributed by atoms with Crippen molar-refractivity contribution in [3.05, 3.63) is 94.8 Å². The first-order valence-corrected chi connectivity index (χ1v) is 8.31. The molecule has 0 unspecified atom stereocenters. The minimum atomic E-state index is -0.555. The highest BCUT2D eigenvalue weighted by molar-refractivity contribution is 6.15. The van der Waals surface area contributed by atoms with Crippen LogP contribution >= 0.6 is 0 Å². The summed E-state index contributed by atoms with van der Waals surface area (Å²) in [5.74, 6) is -1.36. The highest BCUT2D eigenvalue weighted by Crippen LogP contribution is 2.20. The van der Waals surface area contributed by atoms with Gasteiger partial charge in [0.05, 0.1) is 5.71 Å². The fourth-order valence-electron chi connectivity index (χ4n) is 2.61. The second kappa shape index (κ2) is 7.71. The first-order chi connectivity index (χ1) is 13.3. The van der Waals surface area contributed by atoms with Crippen molar-refractivity contribution in [2.75, 3.05) is 11.1 Å². The molecule has 7 heteroatoms. The number of nitrogens with two attached hydrogens (primary N) is 2. The maximum Gasteiger partial charge on any atom is 0.255 e. The first kappa shape index (κ1) is 18.8. The molecule has 0 heterocycles. The van der Waals surface area contributed by atoms with Gasteiger partial charge < -0.3 is 16.8 Å². The SMILES string of the molecule is N=C(c1ccc(F)cc1)c1cc(C(=O)Nc2ccc(C(N)=O)cc2)ccc1N. The van der Waals surface area contributed by atoms with Crippen LogP contribution in [0.15, 0.2) is 66.7 Å². The molecule has 0 aromatic heterocycles. The maximum atomic E-state index is 13.1. The molecule has 0 saturated carbocycles. The number of nitrogen functional groups attached to an aromatic ring is 1. The quantitative estimate of drug-likeness (QED) is 0.404. The molecule has 140 valence electrons. The summed E-state index contributed by atoms with van der Waals surface area (Å²) in [6.45, 7) is 0. The van der Waals surface area contributed by atoms with Gasteiger partial charge in [0.2, 0.25) is 5.91 Å². The van der Waals surface area contributed by atoms with Crippen molar-refractivity contribution >= 4 is 28.9 Å². The van der Waals surface area contributed by atoms with Gasteiger partial charge >= 0.3 is 0 Å². The van der Waals surface area contributed by atoms with Gasteiger partial charge in [-0.05, 0) is 66.7 Å². The maximum absolute atomic E-state index is 13.1. The number of amides is 2. The second-order valence-electron chi connectivity index (χ2n) is 6.08. The normalized spacial score (nSPS) is 10.3. The van der Waals surface area contributed by atoms with Crippen LogP contribution in [0.4, 0.5) is 15.8 Å². The lowest BCUT2D eigenvalue weighted by molar-refractivity contribution is 0.0998. The summed E-state index contributed by atoms with van der Waals surface area (Å²) in [6.07, 6.45) is 0. The van der Waals surface area contributed by atoms with Crippen LogP contribution in [0.2, 0.25) is 0 Å². The Hall–Kier alpha value is -4.00. The van der Waals surface area contributed by atoms with E-state index in [0.29, 0.717) is 33.6 Å². The summed E-state index contributed by atoms with van der Waals surface area (Å²) >= 11 is 0. The van der Waals surface area contributed by atoms with E-state index in [1.54, 1.807) is 24.3 Å². The van der Waals surface area contributed by atoms with E-state index in [1.807, 2.05) is 0 Å². The molecule has 28 heavy (non-hydrogen) atoms. The number of rotatable bonds is 5. The van der Waals surface area contributed by atoms with Crippen LogP contribution < -0.4 is 16.8 Å². The Bertz CT molecular complexity index is 1060.